The normalized spacial score (nSPS) is 17.0. The molecule has 8 nitrogen and oxygen atoms in total. The maximum absolute atomic E-state index is 13.6. The number of carboxylic acid groups (broad SMARTS) is 1. The number of carboxylic acids is 1. The smallest absolute Gasteiger partial charge is 0.305 e. The molecule has 36 heavy (non-hydrogen) atoms. The molecule has 0 saturated heterocycles. The maximum atomic E-state index is 13.6. The van der Waals surface area contributed by atoms with Gasteiger partial charge in [0.05, 0.1) is 19.1 Å². The van der Waals surface area contributed by atoms with Crippen LogP contribution in [0.25, 0.3) is 0 Å². The predicted octanol–water partition coefficient (Wildman–Crippen LogP) is 3.63. The van der Waals surface area contributed by atoms with Gasteiger partial charge in [-0.05, 0) is 66.1 Å². The van der Waals surface area contributed by atoms with E-state index in [-0.39, 0.29) is 12.3 Å². The van der Waals surface area contributed by atoms with Crippen LogP contribution in [0.4, 0.5) is 5.82 Å². The highest BCUT2D eigenvalue weighted by Crippen LogP contribution is 2.34. The predicted molar refractivity (Wildman–Crippen MR) is 135 cm³/mol. The van der Waals surface area contributed by atoms with Gasteiger partial charge in [-0.1, -0.05) is 18.2 Å². The number of ether oxygens (including phenoxy) is 1. The number of anilines is 1. The molecule has 2 aromatic heterocycles. The molecule has 186 valence electrons. The molecule has 0 spiro atoms. The Morgan fingerprint density at radius 3 is 2.89 bits per heavy atom. The summed E-state index contributed by atoms with van der Waals surface area (Å²) in [5, 5.41) is 13.0. The van der Waals surface area contributed by atoms with Gasteiger partial charge in [0.2, 0.25) is 0 Å². The third-order valence-corrected chi connectivity index (χ3v) is 7.49. The fourth-order valence-corrected chi connectivity index (χ4v) is 5.58. The van der Waals surface area contributed by atoms with E-state index in [0.717, 1.165) is 72.6 Å². The third kappa shape index (κ3) is 4.32. The molecule has 3 aliphatic heterocycles. The van der Waals surface area contributed by atoms with E-state index in [1.54, 1.807) is 4.90 Å². The monoisotopic (exact) mass is 486 g/mol. The van der Waals surface area contributed by atoms with Crippen molar-refractivity contribution in [1.29, 1.82) is 0 Å². The number of fused-ring (bicyclic) bond motifs is 3. The quantitative estimate of drug-likeness (QED) is 0.529. The Hall–Kier alpha value is -3.81. The molecule has 0 radical (unpaired) electrons. The van der Waals surface area contributed by atoms with E-state index in [2.05, 4.69) is 23.6 Å². The Morgan fingerprint density at radius 1 is 1.11 bits per heavy atom. The third-order valence-electron chi connectivity index (χ3n) is 7.49. The van der Waals surface area contributed by atoms with Gasteiger partial charge < -0.3 is 24.6 Å². The average Bonchev–Trinajstić information content (AvgIpc) is 3.53. The van der Waals surface area contributed by atoms with Crippen LogP contribution in [0.3, 0.4) is 0 Å². The fraction of sp³-hybridized carbons (Fsp3) is 0.393. The SMILES string of the molecule is O=C(O)CC(c1ccc2c(c1)OCC2)N1CCn2cc(CCc3ccc4c(n3)NCCC4)cc2C1=O. The summed E-state index contributed by atoms with van der Waals surface area (Å²) in [5.41, 5.74) is 5.96. The van der Waals surface area contributed by atoms with Crippen molar-refractivity contribution < 1.29 is 19.4 Å². The molecule has 8 heteroatoms. The summed E-state index contributed by atoms with van der Waals surface area (Å²) < 4.78 is 7.70. The second kappa shape index (κ2) is 9.33. The van der Waals surface area contributed by atoms with Crippen molar-refractivity contribution in [2.45, 2.75) is 51.1 Å². The molecule has 5 heterocycles. The van der Waals surface area contributed by atoms with E-state index in [1.807, 2.05) is 28.8 Å². The summed E-state index contributed by atoms with van der Waals surface area (Å²) in [6.45, 7) is 2.71. The number of benzene rings is 1. The van der Waals surface area contributed by atoms with E-state index in [0.29, 0.717) is 25.4 Å². The van der Waals surface area contributed by atoms with E-state index in [9.17, 15) is 14.7 Å². The average molecular weight is 487 g/mol. The number of pyridine rings is 1. The summed E-state index contributed by atoms with van der Waals surface area (Å²) >= 11 is 0. The van der Waals surface area contributed by atoms with Crippen LogP contribution in [-0.4, -0.2) is 51.1 Å². The van der Waals surface area contributed by atoms with Gasteiger partial charge >= 0.3 is 5.97 Å². The summed E-state index contributed by atoms with van der Waals surface area (Å²) in [6, 6.07) is 11.5. The maximum Gasteiger partial charge on any atom is 0.305 e. The number of aromatic nitrogens is 2. The van der Waals surface area contributed by atoms with Crippen LogP contribution in [0.15, 0.2) is 42.6 Å². The zero-order valence-corrected chi connectivity index (χ0v) is 20.2. The summed E-state index contributed by atoms with van der Waals surface area (Å²) in [7, 11) is 0. The molecule has 1 unspecified atom stereocenters. The molecule has 0 saturated carbocycles. The fourth-order valence-electron chi connectivity index (χ4n) is 5.58. The Morgan fingerprint density at radius 2 is 2.00 bits per heavy atom. The number of amides is 1. The van der Waals surface area contributed by atoms with Crippen molar-refractivity contribution >= 4 is 17.7 Å². The first-order valence-corrected chi connectivity index (χ1v) is 12.8. The Kier molecular flexibility index (Phi) is 5.87. The minimum absolute atomic E-state index is 0.128. The van der Waals surface area contributed by atoms with Gasteiger partial charge in [-0.25, -0.2) is 4.98 Å². The highest BCUT2D eigenvalue weighted by Gasteiger charge is 2.33. The van der Waals surface area contributed by atoms with E-state index in [4.69, 9.17) is 9.72 Å². The van der Waals surface area contributed by atoms with Gasteiger partial charge in [-0.15, -0.1) is 0 Å². The lowest BCUT2D eigenvalue weighted by Crippen LogP contribution is -2.42. The van der Waals surface area contributed by atoms with Crippen LogP contribution in [-0.2, 0) is 37.0 Å². The lowest BCUT2D eigenvalue weighted by molar-refractivity contribution is -0.138. The number of hydrogen-bond acceptors (Lipinski definition) is 5. The lowest BCUT2D eigenvalue weighted by Gasteiger charge is -2.35. The first-order chi connectivity index (χ1) is 17.5. The number of carbonyl (C=O) groups excluding carboxylic acids is 1. The number of aliphatic carboxylic acids is 1. The van der Waals surface area contributed by atoms with Gasteiger partial charge in [0.15, 0.2) is 0 Å². The number of nitrogens with zero attached hydrogens (tertiary/aromatic N) is 3. The number of rotatable bonds is 7. The van der Waals surface area contributed by atoms with Gasteiger partial charge in [0.25, 0.3) is 5.91 Å². The first-order valence-electron chi connectivity index (χ1n) is 12.8. The molecule has 0 aliphatic carbocycles. The van der Waals surface area contributed by atoms with Crippen molar-refractivity contribution in [3.63, 3.8) is 0 Å². The minimum atomic E-state index is -0.928. The van der Waals surface area contributed by atoms with Gasteiger partial charge in [0, 0.05) is 37.9 Å². The molecule has 1 atom stereocenters. The number of hydrogen-bond donors (Lipinski definition) is 2. The summed E-state index contributed by atoms with van der Waals surface area (Å²) in [5.74, 6) is 0.741. The van der Waals surface area contributed by atoms with E-state index >= 15 is 0 Å². The second-order valence-corrected chi connectivity index (χ2v) is 9.85. The first kappa shape index (κ1) is 22.6. The summed E-state index contributed by atoms with van der Waals surface area (Å²) in [4.78, 5) is 31.8. The molecule has 3 aromatic rings. The van der Waals surface area contributed by atoms with Crippen LogP contribution in [0, 0.1) is 0 Å². The standard InChI is InChI=1S/C28H30N4O4/c33-26(34)16-23(21-5-4-19-9-13-36-25(19)15-21)32-12-11-31-17-18(14-24(31)28(32)35)3-7-22-8-6-20-2-1-10-29-27(20)30-22/h4-6,8,14-15,17,23H,1-3,7,9-13,16H2,(H,29,30)(H,33,34). The second-order valence-electron chi connectivity index (χ2n) is 9.85. The van der Waals surface area contributed by atoms with Crippen molar-refractivity contribution in [1.82, 2.24) is 14.5 Å². The molecular weight excluding hydrogens is 456 g/mol. The molecule has 2 N–H and O–H groups in total. The molecule has 1 aromatic carbocycles. The molecule has 1 amide bonds. The number of carbonyl (C=O) groups is 2. The lowest BCUT2D eigenvalue weighted by atomic mass is 9.98. The molecule has 0 bridgehead atoms. The highest BCUT2D eigenvalue weighted by molar-refractivity contribution is 5.94. The largest absolute Gasteiger partial charge is 0.493 e. The van der Waals surface area contributed by atoms with Gasteiger partial charge in [0.1, 0.15) is 17.3 Å². The Labute approximate surface area is 209 Å². The topological polar surface area (TPSA) is 96.7 Å². The number of nitrogens with one attached hydrogen (secondary N) is 1. The van der Waals surface area contributed by atoms with E-state index in [1.165, 1.54) is 5.56 Å². The molecule has 6 rings (SSSR count). The van der Waals surface area contributed by atoms with E-state index < -0.39 is 12.0 Å². The van der Waals surface area contributed by atoms with Crippen LogP contribution in [0.5, 0.6) is 5.75 Å². The minimum Gasteiger partial charge on any atom is -0.493 e. The Balaban J connectivity index is 1.20. The van der Waals surface area contributed by atoms with Crippen molar-refractivity contribution in [2.75, 3.05) is 25.0 Å². The van der Waals surface area contributed by atoms with Crippen LogP contribution in [0.2, 0.25) is 0 Å². The zero-order valence-electron chi connectivity index (χ0n) is 20.2. The van der Waals surface area contributed by atoms with Crippen molar-refractivity contribution in [3.05, 3.63) is 76.2 Å². The molecule has 0 fully saturated rings. The highest BCUT2D eigenvalue weighted by atomic mass is 16.5. The van der Waals surface area contributed by atoms with Gasteiger partial charge in [-0.3, -0.25) is 9.59 Å². The molecule has 3 aliphatic rings. The number of aryl methyl sites for hydroxylation is 3. The molecular formula is C28H30N4O4. The van der Waals surface area contributed by atoms with Crippen molar-refractivity contribution in [3.8, 4) is 5.75 Å². The van der Waals surface area contributed by atoms with Gasteiger partial charge in [-0.2, -0.15) is 0 Å². The summed E-state index contributed by atoms with van der Waals surface area (Å²) in [6.07, 6.45) is 6.57. The van der Waals surface area contributed by atoms with Crippen LogP contribution in [0.1, 0.15) is 57.3 Å². The Bertz CT molecular complexity index is 1330. The van der Waals surface area contributed by atoms with Crippen molar-refractivity contribution in [2.24, 2.45) is 0 Å². The van der Waals surface area contributed by atoms with Crippen LogP contribution >= 0.6 is 0 Å². The zero-order chi connectivity index (χ0) is 24.6. The van der Waals surface area contributed by atoms with Crippen LogP contribution < -0.4 is 10.1 Å².